The van der Waals surface area contributed by atoms with Gasteiger partial charge < -0.3 is 19.1 Å². The van der Waals surface area contributed by atoms with Crippen LogP contribution in [-0.4, -0.2) is 48.5 Å². The molecule has 0 saturated heterocycles. The lowest BCUT2D eigenvalue weighted by Crippen LogP contribution is -2.36. The standard InChI is InChI=1S/C22H29N3O4/c1-22(2,3)25-17-9-10-24(14-16(17)13-23-25)20(26)8-7-15-11-18(27-4)21(29-6)19(12-15)28-5/h7-8,11-13H,9-10,14H2,1-6H3/b8-7+. The van der Waals surface area contributed by atoms with E-state index in [-0.39, 0.29) is 11.4 Å². The van der Waals surface area contributed by atoms with Crippen molar-refractivity contribution < 1.29 is 19.0 Å². The van der Waals surface area contributed by atoms with Crippen LogP contribution >= 0.6 is 0 Å². The zero-order valence-electron chi connectivity index (χ0n) is 18.0. The predicted molar refractivity (Wildman–Crippen MR) is 111 cm³/mol. The van der Waals surface area contributed by atoms with Crippen molar-refractivity contribution in [1.82, 2.24) is 14.7 Å². The van der Waals surface area contributed by atoms with Gasteiger partial charge in [0.2, 0.25) is 11.7 Å². The van der Waals surface area contributed by atoms with Crippen LogP contribution in [0.2, 0.25) is 0 Å². The van der Waals surface area contributed by atoms with E-state index in [1.165, 1.54) is 5.69 Å². The van der Waals surface area contributed by atoms with E-state index in [2.05, 4.69) is 30.6 Å². The molecular weight excluding hydrogens is 370 g/mol. The van der Waals surface area contributed by atoms with Crippen molar-refractivity contribution >= 4 is 12.0 Å². The Bertz CT molecular complexity index is 900. The SMILES string of the molecule is COc1cc(/C=C/C(=O)N2CCc3c(cnn3C(C)(C)C)C2)cc(OC)c1OC. The van der Waals surface area contributed by atoms with Gasteiger partial charge in [0.25, 0.3) is 0 Å². The third kappa shape index (κ3) is 4.23. The van der Waals surface area contributed by atoms with Gasteiger partial charge in [-0.1, -0.05) is 0 Å². The third-order valence-corrected chi connectivity index (χ3v) is 4.99. The summed E-state index contributed by atoms with van der Waals surface area (Å²) in [6.45, 7) is 7.66. The van der Waals surface area contributed by atoms with Crippen LogP contribution in [-0.2, 0) is 23.3 Å². The van der Waals surface area contributed by atoms with Crippen LogP contribution in [0.4, 0.5) is 0 Å². The first-order chi connectivity index (χ1) is 13.8. The van der Waals surface area contributed by atoms with Crippen LogP contribution in [0.5, 0.6) is 17.2 Å². The molecule has 0 saturated carbocycles. The summed E-state index contributed by atoms with van der Waals surface area (Å²) in [7, 11) is 4.70. The average Bonchev–Trinajstić information content (AvgIpc) is 3.14. The molecule has 0 N–H and O–H groups in total. The molecule has 0 spiro atoms. The minimum atomic E-state index is -0.0633. The maximum absolute atomic E-state index is 12.7. The number of carbonyl (C=O) groups is 1. The Hall–Kier alpha value is -2.96. The van der Waals surface area contributed by atoms with Gasteiger partial charge in [0.05, 0.1) is 33.1 Å². The van der Waals surface area contributed by atoms with Crippen molar-refractivity contribution in [1.29, 1.82) is 0 Å². The normalized spacial score (nSPS) is 14.1. The monoisotopic (exact) mass is 399 g/mol. The maximum atomic E-state index is 12.7. The quantitative estimate of drug-likeness (QED) is 0.722. The molecule has 156 valence electrons. The second-order valence-electron chi connectivity index (χ2n) is 8.00. The van der Waals surface area contributed by atoms with E-state index >= 15 is 0 Å². The summed E-state index contributed by atoms with van der Waals surface area (Å²) in [6.07, 6.45) is 6.03. The van der Waals surface area contributed by atoms with E-state index in [0.29, 0.717) is 30.3 Å². The highest BCUT2D eigenvalue weighted by molar-refractivity contribution is 5.92. The molecule has 1 aliphatic rings. The second kappa shape index (κ2) is 8.19. The number of amides is 1. The van der Waals surface area contributed by atoms with Crippen LogP contribution in [0.1, 0.15) is 37.6 Å². The number of rotatable bonds is 5. The molecule has 1 amide bonds. The van der Waals surface area contributed by atoms with Gasteiger partial charge in [-0.15, -0.1) is 0 Å². The molecule has 2 aromatic rings. The molecule has 0 unspecified atom stereocenters. The minimum Gasteiger partial charge on any atom is -0.493 e. The number of hydrogen-bond donors (Lipinski definition) is 0. The van der Waals surface area contributed by atoms with Crippen molar-refractivity contribution in [3.8, 4) is 17.2 Å². The van der Waals surface area contributed by atoms with Gasteiger partial charge in [-0.2, -0.15) is 5.10 Å². The first-order valence-corrected chi connectivity index (χ1v) is 9.61. The maximum Gasteiger partial charge on any atom is 0.246 e. The van der Waals surface area contributed by atoms with E-state index < -0.39 is 0 Å². The first-order valence-electron chi connectivity index (χ1n) is 9.61. The lowest BCUT2D eigenvalue weighted by atomic mass is 10.0. The summed E-state index contributed by atoms with van der Waals surface area (Å²) >= 11 is 0. The van der Waals surface area contributed by atoms with Crippen molar-refractivity contribution in [2.45, 2.75) is 39.3 Å². The second-order valence-corrected chi connectivity index (χ2v) is 8.00. The number of aromatic nitrogens is 2. The van der Waals surface area contributed by atoms with Crippen LogP contribution in [0.3, 0.4) is 0 Å². The van der Waals surface area contributed by atoms with Crippen molar-refractivity contribution in [2.75, 3.05) is 27.9 Å². The smallest absolute Gasteiger partial charge is 0.246 e. The van der Waals surface area contributed by atoms with Gasteiger partial charge in [-0.05, 0) is 44.5 Å². The fraction of sp³-hybridized carbons (Fsp3) is 0.455. The van der Waals surface area contributed by atoms with Gasteiger partial charge in [0.15, 0.2) is 11.5 Å². The number of methoxy groups -OCH3 is 3. The number of ether oxygens (including phenoxy) is 3. The number of fused-ring (bicyclic) bond motifs is 1. The predicted octanol–water partition coefficient (Wildman–Crippen LogP) is 3.26. The molecule has 0 fully saturated rings. The summed E-state index contributed by atoms with van der Waals surface area (Å²) in [5.74, 6) is 1.60. The third-order valence-electron chi connectivity index (χ3n) is 4.99. The zero-order chi connectivity index (χ0) is 21.2. The summed E-state index contributed by atoms with van der Waals surface area (Å²) < 4.78 is 18.1. The Morgan fingerprint density at radius 1 is 1.10 bits per heavy atom. The van der Waals surface area contributed by atoms with E-state index in [4.69, 9.17) is 14.2 Å². The Labute approximate surface area is 171 Å². The summed E-state index contributed by atoms with van der Waals surface area (Å²) in [4.78, 5) is 14.6. The molecule has 2 heterocycles. The van der Waals surface area contributed by atoms with Crippen LogP contribution in [0, 0.1) is 0 Å². The van der Waals surface area contributed by atoms with Crippen LogP contribution in [0.15, 0.2) is 24.4 Å². The van der Waals surface area contributed by atoms with Gasteiger partial charge >= 0.3 is 0 Å². The highest BCUT2D eigenvalue weighted by Crippen LogP contribution is 2.38. The molecule has 0 atom stereocenters. The Morgan fingerprint density at radius 3 is 2.31 bits per heavy atom. The van der Waals surface area contributed by atoms with Crippen molar-refractivity contribution in [2.24, 2.45) is 0 Å². The Balaban J connectivity index is 1.76. The molecule has 1 aromatic carbocycles. The van der Waals surface area contributed by atoms with Crippen LogP contribution < -0.4 is 14.2 Å². The summed E-state index contributed by atoms with van der Waals surface area (Å²) in [6, 6.07) is 3.62. The van der Waals surface area contributed by atoms with Crippen molar-refractivity contribution in [3.05, 3.63) is 41.2 Å². The fourth-order valence-electron chi connectivity index (χ4n) is 3.57. The molecule has 1 aliphatic heterocycles. The molecule has 0 bridgehead atoms. The number of benzene rings is 1. The zero-order valence-corrected chi connectivity index (χ0v) is 18.0. The Kier molecular flexibility index (Phi) is 5.86. The largest absolute Gasteiger partial charge is 0.493 e. The highest BCUT2D eigenvalue weighted by Gasteiger charge is 2.26. The van der Waals surface area contributed by atoms with Gasteiger partial charge in [-0.25, -0.2) is 0 Å². The average molecular weight is 399 g/mol. The molecular formula is C22H29N3O4. The molecule has 7 nitrogen and oxygen atoms in total. The lowest BCUT2D eigenvalue weighted by Gasteiger charge is -2.29. The summed E-state index contributed by atoms with van der Waals surface area (Å²) in [5.41, 5.74) is 3.06. The number of carbonyl (C=O) groups excluding carboxylic acids is 1. The van der Waals surface area contributed by atoms with Crippen molar-refractivity contribution in [3.63, 3.8) is 0 Å². The van der Waals surface area contributed by atoms with Gasteiger partial charge in [0, 0.05) is 36.8 Å². The van der Waals surface area contributed by atoms with E-state index in [0.717, 1.165) is 17.5 Å². The molecule has 3 rings (SSSR count). The van der Waals surface area contributed by atoms with Crippen LogP contribution in [0.25, 0.3) is 6.08 Å². The van der Waals surface area contributed by atoms with Gasteiger partial charge in [-0.3, -0.25) is 9.48 Å². The molecule has 1 aromatic heterocycles. The Morgan fingerprint density at radius 2 is 1.76 bits per heavy atom. The van der Waals surface area contributed by atoms with E-state index in [1.807, 2.05) is 23.2 Å². The molecule has 0 radical (unpaired) electrons. The highest BCUT2D eigenvalue weighted by atomic mass is 16.5. The first kappa shape index (κ1) is 20.8. The number of nitrogens with zero attached hydrogens (tertiary/aromatic N) is 3. The minimum absolute atomic E-state index is 0.0343. The fourth-order valence-corrected chi connectivity index (χ4v) is 3.57. The van der Waals surface area contributed by atoms with E-state index in [1.54, 1.807) is 33.5 Å². The summed E-state index contributed by atoms with van der Waals surface area (Å²) in [5, 5.41) is 4.53. The molecule has 7 heteroatoms. The topological polar surface area (TPSA) is 65.8 Å². The number of hydrogen-bond acceptors (Lipinski definition) is 5. The lowest BCUT2D eigenvalue weighted by molar-refractivity contribution is -0.126. The van der Waals surface area contributed by atoms with E-state index in [9.17, 15) is 4.79 Å². The molecule has 0 aliphatic carbocycles. The molecule has 29 heavy (non-hydrogen) atoms. The van der Waals surface area contributed by atoms with Gasteiger partial charge in [0.1, 0.15) is 0 Å².